The highest BCUT2D eigenvalue weighted by molar-refractivity contribution is 6.09. The second-order valence-electron chi connectivity index (χ2n) is 6.63. The van der Waals surface area contributed by atoms with Gasteiger partial charge in [-0.3, -0.25) is 0 Å². The predicted octanol–water partition coefficient (Wildman–Crippen LogP) is 3.34. The fraction of sp³-hybridized carbons (Fsp3) is 0.211. The Morgan fingerprint density at radius 3 is 2.40 bits per heavy atom. The predicted molar refractivity (Wildman–Crippen MR) is 100 cm³/mol. The maximum Gasteiger partial charge on any atom is 0.227 e. The summed E-state index contributed by atoms with van der Waals surface area (Å²) in [6.45, 7) is 1.65. The number of rotatable bonds is 2. The van der Waals surface area contributed by atoms with Gasteiger partial charge >= 0.3 is 0 Å². The summed E-state index contributed by atoms with van der Waals surface area (Å²) < 4.78 is 6.12. The first-order valence-corrected chi connectivity index (χ1v) is 8.31. The van der Waals surface area contributed by atoms with E-state index in [1.165, 1.54) is 0 Å². The van der Waals surface area contributed by atoms with Gasteiger partial charge in [0.1, 0.15) is 0 Å². The smallest absolute Gasteiger partial charge is 0.227 e. The first-order chi connectivity index (χ1) is 12.2. The van der Waals surface area contributed by atoms with Crippen molar-refractivity contribution >= 4 is 33.4 Å². The lowest BCUT2D eigenvalue weighted by Crippen LogP contribution is -2.23. The van der Waals surface area contributed by atoms with E-state index in [0.29, 0.717) is 5.71 Å². The van der Waals surface area contributed by atoms with E-state index < -0.39 is 0 Å². The van der Waals surface area contributed by atoms with Crippen molar-refractivity contribution in [1.82, 2.24) is 14.8 Å². The van der Waals surface area contributed by atoms with Gasteiger partial charge in [0, 0.05) is 61.6 Å². The number of furan rings is 1. The molecule has 2 aliphatic heterocycles. The highest BCUT2D eigenvalue weighted by Crippen LogP contribution is 2.39. The van der Waals surface area contributed by atoms with Crippen LogP contribution in [0, 0.1) is 0 Å². The van der Waals surface area contributed by atoms with Gasteiger partial charge in [-0.25, -0.2) is 4.98 Å². The SMILES string of the molecule is CN1C=CN(c2cc(N3C=CN(C)C3)c3oc4ncccc4c3c2)C1. The van der Waals surface area contributed by atoms with Crippen molar-refractivity contribution in [3.05, 3.63) is 55.3 Å². The van der Waals surface area contributed by atoms with Crippen LogP contribution in [-0.2, 0) is 0 Å². The van der Waals surface area contributed by atoms with E-state index in [2.05, 4.69) is 81.7 Å². The summed E-state index contributed by atoms with van der Waals surface area (Å²) in [6, 6.07) is 8.41. The number of pyridine rings is 1. The summed E-state index contributed by atoms with van der Waals surface area (Å²) in [4.78, 5) is 13.1. The van der Waals surface area contributed by atoms with Crippen LogP contribution in [0.2, 0.25) is 0 Å². The van der Waals surface area contributed by atoms with Crippen LogP contribution in [0.4, 0.5) is 11.4 Å². The maximum atomic E-state index is 6.12. The molecule has 25 heavy (non-hydrogen) atoms. The summed E-state index contributed by atoms with van der Waals surface area (Å²) in [6.07, 6.45) is 10.1. The van der Waals surface area contributed by atoms with Crippen LogP contribution in [-0.4, -0.2) is 42.2 Å². The summed E-state index contributed by atoms with van der Waals surface area (Å²) in [5.41, 5.74) is 3.78. The Morgan fingerprint density at radius 2 is 1.68 bits per heavy atom. The molecule has 0 aliphatic carbocycles. The molecule has 6 heteroatoms. The molecule has 0 saturated carbocycles. The Bertz CT molecular complexity index is 1020. The minimum atomic E-state index is 0.682. The second-order valence-corrected chi connectivity index (χ2v) is 6.63. The molecule has 3 aromatic rings. The number of aromatic nitrogens is 1. The van der Waals surface area contributed by atoms with Crippen molar-refractivity contribution in [2.45, 2.75) is 0 Å². The second kappa shape index (κ2) is 5.17. The van der Waals surface area contributed by atoms with E-state index in [9.17, 15) is 0 Å². The largest absolute Gasteiger partial charge is 0.436 e. The lowest BCUT2D eigenvalue weighted by molar-refractivity contribution is 0.494. The minimum Gasteiger partial charge on any atom is -0.436 e. The van der Waals surface area contributed by atoms with Crippen molar-refractivity contribution in [1.29, 1.82) is 0 Å². The Balaban J connectivity index is 1.75. The molecule has 4 heterocycles. The van der Waals surface area contributed by atoms with Gasteiger partial charge in [-0.05, 0) is 24.3 Å². The van der Waals surface area contributed by atoms with Crippen molar-refractivity contribution in [3.63, 3.8) is 0 Å². The van der Waals surface area contributed by atoms with E-state index in [-0.39, 0.29) is 0 Å². The zero-order chi connectivity index (χ0) is 17.0. The fourth-order valence-corrected chi connectivity index (χ4v) is 3.44. The Labute approximate surface area is 145 Å². The van der Waals surface area contributed by atoms with E-state index in [1.807, 2.05) is 6.07 Å². The lowest BCUT2D eigenvalue weighted by atomic mass is 10.1. The zero-order valence-electron chi connectivity index (χ0n) is 14.3. The fourth-order valence-electron chi connectivity index (χ4n) is 3.44. The first kappa shape index (κ1) is 14.2. The molecule has 6 nitrogen and oxygen atoms in total. The molecular weight excluding hydrogens is 314 g/mol. The lowest BCUT2D eigenvalue weighted by Gasteiger charge is -2.23. The third kappa shape index (κ3) is 2.21. The third-order valence-electron chi connectivity index (χ3n) is 4.71. The molecular formula is C19H19N5O. The third-order valence-corrected chi connectivity index (χ3v) is 4.71. The number of hydrogen-bond donors (Lipinski definition) is 0. The molecule has 0 N–H and O–H groups in total. The van der Waals surface area contributed by atoms with E-state index in [1.54, 1.807) is 6.20 Å². The van der Waals surface area contributed by atoms with Gasteiger partial charge in [0.25, 0.3) is 0 Å². The highest BCUT2D eigenvalue weighted by atomic mass is 16.3. The molecule has 0 saturated heterocycles. The van der Waals surface area contributed by atoms with E-state index >= 15 is 0 Å². The molecule has 0 bridgehead atoms. The van der Waals surface area contributed by atoms with Gasteiger partial charge in [-0.1, -0.05) is 0 Å². The normalized spacial score (nSPS) is 17.0. The average molecular weight is 333 g/mol. The van der Waals surface area contributed by atoms with Crippen molar-refractivity contribution < 1.29 is 4.42 Å². The number of hydrogen-bond acceptors (Lipinski definition) is 6. The molecule has 0 unspecified atom stereocenters. The number of nitrogens with zero attached hydrogens (tertiary/aromatic N) is 5. The highest BCUT2D eigenvalue weighted by Gasteiger charge is 2.22. The average Bonchev–Trinajstić information content (AvgIpc) is 3.32. The zero-order valence-corrected chi connectivity index (χ0v) is 14.3. The summed E-state index contributed by atoms with van der Waals surface area (Å²) in [7, 11) is 4.14. The molecule has 1 aromatic carbocycles. The topological polar surface area (TPSA) is 39.0 Å². The van der Waals surface area contributed by atoms with Gasteiger partial charge in [0.15, 0.2) is 5.58 Å². The number of benzene rings is 1. The molecule has 0 fully saturated rings. The molecule has 0 radical (unpaired) electrons. The van der Waals surface area contributed by atoms with Crippen molar-refractivity contribution in [2.24, 2.45) is 0 Å². The standard InChI is InChI=1S/C19H19N5O/c1-21-6-8-23(12-21)14-10-16-15-4-3-5-20-19(15)25-18(16)17(11-14)24-9-7-22(2)13-24/h3-11H,12-13H2,1-2H3. The minimum absolute atomic E-state index is 0.682. The first-order valence-electron chi connectivity index (χ1n) is 8.31. The number of anilines is 2. The summed E-state index contributed by atoms with van der Waals surface area (Å²) >= 11 is 0. The molecule has 2 aliphatic rings. The Morgan fingerprint density at radius 1 is 0.920 bits per heavy atom. The Kier molecular flexibility index (Phi) is 2.94. The van der Waals surface area contributed by atoms with Gasteiger partial charge < -0.3 is 24.0 Å². The van der Waals surface area contributed by atoms with E-state index in [0.717, 1.165) is 41.1 Å². The van der Waals surface area contributed by atoms with Crippen LogP contribution < -0.4 is 9.80 Å². The number of fused-ring (bicyclic) bond motifs is 3. The monoisotopic (exact) mass is 333 g/mol. The Hall–Kier alpha value is -3.15. The molecule has 0 spiro atoms. The van der Waals surface area contributed by atoms with Crippen LogP contribution in [0.1, 0.15) is 0 Å². The van der Waals surface area contributed by atoms with Crippen LogP contribution in [0.3, 0.4) is 0 Å². The molecule has 2 aromatic heterocycles. The van der Waals surface area contributed by atoms with Gasteiger partial charge in [0.2, 0.25) is 5.71 Å². The van der Waals surface area contributed by atoms with Crippen LogP contribution >= 0.6 is 0 Å². The van der Waals surface area contributed by atoms with Crippen molar-refractivity contribution in [2.75, 3.05) is 37.2 Å². The summed E-state index contributed by atoms with van der Waals surface area (Å²) in [5, 5.41) is 2.15. The summed E-state index contributed by atoms with van der Waals surface area (Å²) in [5.74, 6) is 0. The van der Waals surface area contributed by atoms with Crippen molar-refractivity contribution in [3.8, 4) is 0 Å². The van der Waals surface area contributed by atoms with Gasteiger partial charge in [0.05, 0.1) is 19.0 Å². The van der Waals surface area contributed by atoms with Gasteiger partial charge in [-0.15, -0.1) is 0 Å². The molecule has 126 valence electrons. The quantitative estimate of drug-likeness (QED) is 0.716. The van der Waals surface area contributed by atoms with E-state index in [4.69, 9.17) is 4.42 Å². The molecule has 0 amide bonds. The van der Waals surface area contributed by atoms with Crippen LogP contribution in [0.5, 0.6) is 0 Å². The maximum absolute atomic E-state index is 6.12. The van der Waals surface area contributed by atoms with Gasteiger partial charge in [-0.2, -0.15) is 0 Å². The van der Waals surface area contributed by atoms with Crippen LogP contribution in [0.25, 0.3) is 22.1 Å². The molecule has 0 atom stereocenters. The molecule has 5 rings (SSSR count). The van der Waals surface area contributed by atoms with Crippen LogP contribution in [0.15, 0.2) is 59.7 Å².